The fourth-order valence-corrected chi connectivity index (χ4v) is 3.23. The van der Waals surface area contributed by atoms with Crippen molar-refractivity contribution < 1.29 is 14.5 Å². The summed E-state index contributed by atoms with van der Waals surface area (Å²) in [5.41, 5.74) is 1.13. The van der Waals surface area contributed by atoms with Gasteiger partial charge in [0.15, 0.2) is 6.23 Å². The summed E-state index contributed by atoms with van der Waals surface area (Å²) in [6.07, 6.45) is 4.43. The van der Waals surface area contributed by atoms with E-state index in [9.17, 15) is 9.90 Å². The van der Waals surface area contributed by atoms with Crippen LogP contribution >= 0.6 is 25.3 Å². The molecule has 1 fully saturated rings. The second-order valence-electron chi connectivity index (χ2n) is 5.84. The number of carbonyl (C=O) groups excluding carboxylic acids is 1. The number of aliphatic hydroxyl groups is 1. The molecule has 1 aromatic rings. The normalized spacial score (nSPS) is 22.6. The second kappa shape index (κ2) is 7.22. The number of hydrogen-bond acceptors (Lipinski definition) is 6. The van der Waals surface area contributed by atoms with Gasteiger partial charge < -0.3 is 10.0 Å². The van der Waals surface area contributed by atoms with Crippen LogP contribution in [0.4, 0.5) is 10.5 Å². The first-order valence-electron chi connectivity index (χ1n) is 7.76. The van der Waals surface area contributed by atoms with E-state index in [1.807, 2.05) is 24.5 Å². The van der Waals surface area contributed by atoms with Crippen LogP contribution in [0.5, 0.6) is 0 Å². The number of hydrogen-bond donors (Lipinski definition) is 4. The van der Waals surface area contributed by atoms with Crippen molar-refractivity contribution in [3.63, 3.8) is 0 Å². The highest BCUT2D eigenvalue weighted by atomic mass is 32.2. The van der Waals surface area contributed by atoms with E-state index in [0.29, 0.717) is 5.82 Å². The third kappa shape index (κ3) is 3.64. The molecule has 1 atom stereocenters. The van der Waals surface area contributed by atoms with Gasteiger partial charge in [0, 0.05) is 51.0 Å². The number of aliphatic hydroxyl groups excluding tert-OH is 1. The molecule has 0 bridgehead atoms. The number of aromatic nitrogens is 1. The Morgan fingerprint density at radius 1 is 1.25 bits per heavy atom. The van der Waals surface area contributed by atoms with Gasteiger partial charge in [0.25, 0.3) is 5.82 Å². The molecule has 0 aliphatic carbocycles. The molecule has 1 unspecified atom stereocenters. The summed E-state index contributed by atoms with van der Waals surface area (Å²) in [6.45, 7) is 3.69. The number of rotatable bonds is 3. The van der Waals surface area contributed by atoms with Crippen LogP contribution in [0.15, 0.2) is 30.6 Å². The Morgan fingerprint density at radius 3 is 2.42 bits per heavy atom. The maximum Gasteiger partial charge on any atom is 0.411 e. The molecule has 1 aromatic heterocycles. The highest BCUT2D eigenvalue weighted by Crippen LogP contribution is 2.18. The van der Waals surface area contributed by atoms with Gasteiger partial charge in [0.1, 0.15) is 0 Å². The van der Waals surface area contributed by atoms with Gasteiger partial charge in [-0.1, -0.05) is 0 Å². The van der Waals surface area contributed by atoms with E-state index in [0.717, 1.165) is 31.9 Å². The van der Waals surface area contributed by atoms with Gasteiger partial charge in [-0.05, 0) is 0 Å². The van der Waals surface area contributed by atoms with Crippen LogP contribution in [0.2, 0.25) is 0 Å². The zero-order chi connectivity index (χ0) is 17.3. The molecule has 0 aromatic carbocycles. The molecule has 7 nitrogen and oxygen atoms in total. The second-order valence-corrected chi connectivity index (χ2v) is 7.23. The van der Waals surface area contributed by atoms with Crippen LogP contribution in [0.3, 0.4) is 0 Å². The molecule has 3 rings (SSSR count). The number of likely N-dealkylation sites (N-methyl/N-ethyl adjacent to an activating group) is 1. The Hall–Kier alpha value is -1.42. The molecule has 2 amide bonds. The Balaban J connectivity index is 1.68. The van der Waals surface area contributed by atoms with E-state index < -0.39 is 6.23 Å². The molecule has 0 radical (unpaired) electrons. The highest BCUT2D eigenvalue weighted by Gasteiger charge is 2.29. The summed E-state index contributed by atoms with van der Waals surface area (Å²) < 4.78 is 1.77. The predicted octanol–water partition coefficient (Wildman–Crippen LogP) is 0.0111. The minimum Gasteiger partial charge on any atom is -0.369 e. The molecular formula is C15H22N5O2S2+. The number of pyridine rings is 1. The summed E-state index contributed by atoms with van der Waals surface area (Å²) in [5, 5.41) is 12.6. The van der Waals surface area contributed by atoms with Gasteiger partial charge in [-0.3, -0.25) is 9.80 Å². The van der Waals surface area contributed by atoms with Gasteiger partial charge in [0.05, 0.1) is 23.2 Å². The first-order valence-corrected chi connectivity index (χ1v) is 8.79. The number of urea groups is 1. The van der Waals surface area contributed by atoms with Crippen LogP contribution in [-0.2, 0) is 0 Å². The summed E-state index contributed by atoms with van der Waals surface area (Å²) in [5.74, 6) is 0.551. The maximum absolute atomic E-state index is 11.8. The number of amides is 2. The van der Waals surface area contributed by atoms with Crippen molar-refractivity contribution in [3.8, 4) is 0 Å². The third-order valence-electron chi connectivity index (χ3n) is 4.36. The average Bonchev–Trinajstić information content (AvgIpc) is 2.59. The number of piperazine rings is 1. The minimum absolute atomic E-state index is 0.0171. The number of thiol groups is 2. The molecule has 2 aliphatic rings. The van der Waals surface area contributed by atoms with Crippen molar-refractivity contribution in [1.82, 2.24) is 15.1 Å². The van der Waals surface area contributed by atoms with Crippen molar-refractivity contribution >= 4 is 42.8 Å². The fourth-order valence-electron chi connectivity index (χ4n) is 2.76. The average molecular weight is 369 g/mol. The Kier molecular flexibility index (Phi) is 5.24. The first kappa shape index (κ1) is 17.4. The fraction of sp³-hybridized carbons (Fsp3) is 0.467. The SMILES string of the molecule is CN1C(=O)NC([n+]2ccc(N3CCN(C(S)S)CC3)cc2)=CC1O. The summed E-state index contributed by atoms with van der Waals surface area (Å²) >= 11 is 8.71. The van der Waals surface area contributed by atoms with Crippen LogP contribution in [-0.4, -0.2) is 65.1 Å². The lowest BCUT2D eigenvalue weighted by Crippen LogP contribution is -2.53. The van der Waals surface area contributed by atoms with Crippen LogP contribution < -0.4 is 14.8 Å². The lowest BCUT2D eigenvalue weighted by atomic mass is 10.2. The number of carbonyl (C=O) groups is 1. The minimum atomic E-state index is -0.926. The molecule has 3 heterocycles. The van der Waals surface area contributed by atoms with E-state index in [1.54, 1.807) is 17.7 Å². The molecule has 24 heavy (non-hydrogen) atoms. The van der Waals surface area contributed by atoms with E-state index >= 15 is 0 Å². The Morgan fingerprint density at radius 2 is 1.88 bits per heavy atom. The largest absolute Gasteiger partial charge is 0.411 e. The first-order chi connectivity index (χ1) is 11.5. The molecular weight excluding hydrogens is 346 g/mol. The molecule has 2 N–H and O–H groups in total. The van der Waals surface area contributed by atoms with Crippen molar-refractivity contribution in [1.29, 1.82) is 0 Å². The third-order valence-corrected chi connectivity index (χ3v) is 5.01. The van der Waals surface area contributed by atoms with Gasteiger partial charge in [0.2, 0.25) is 0 Å². The highest BCUT2D eigenvalue weighted by molar-refractivity contribution is 7.99. The van der Waals surface area contributed by atoms with E-state index in [-0.39, 0.29) is 10.7 Å². The molecule has 130 valence electrons. The van der Waals surface area contributed by atoms with Crippen LogP contribution in [0.25, 0.3) is 5.82 Å². The molecule has 9 heteroatoms. The van der Waals surface area contributed by atoms with Crippen molar-refractivity contribution in [2.24, 2.45) is 0 Å². The standard InChI is InChI=1S/C15H21N5O2S2/c1-17-13(21)10-12(16-14(17)22)19-4-2-11(3-5-19)18-6-8-20(9-7-18)15(23)24/h2-5,10,13,15,21H,6-9H2,1H3,(H2-,16,22,23,24)/p+1. The maximum atomic E-state index is 11.8. The zero-order valence-corrected chi connectivity index (χ0v) is 15.2. The van der Waals surface area contributed by atoms with Gasteiger partial charge in [-0.2, -0.15) is 5.32 Å². The Bertz CT molecular complexity index is 629. The summed E-state index contributed by atoms with van der Waals surface area (Å²) in [4.78, 5) is 17.5. The van der Waals surface area contributed by atoms with Crippen molar-refractivity contribution in [2.75, 3.05) is 38.1 Å². The van der Waals surface area contributed by atoms with E-state index in [2.05, 4.69) is 40.4 Å². The molecule has 1 saturated heterocycles. The summed E-state index contributed by atoms with van der Waals surface area (Å²) in [7, 11) is 1.54. The van der Waals surface area contributed by atoms with E-state index in [4.69, 9.17) is 0 Å². The van der Waals surface area contributed by atoms with Crippen molar-refractivity contribution in [3.05, 3.63) is 30.6 Å². The van der Waals surface area contributed by atoms with Gasteiger partial charge >= 0.3 is 6.03 Å². The van der Waals surface area contributed by atoms with Crippen LogP contribution in [0.1, 0.15) is 0 Å². The van der Waals surface area contributed by atoms with Gasteiger partial charge in [-0.15, -0.1) is 25.3 Å². The lowest BCUT2D eigenvalue weighted by molar-refractivity contribution is -0.585. The summed E-state index contributed by atoms with van der Waals surface area (Å²) in [6, 6.07) is 3.68. The lowest BCUT2D eigenvalue weighted by Gasteiger charge is -2.37. The van der Waals surface area contributed by atoms with Crippen molar-refractivity contribution in [2.45, 2.75) is 10.9 Å². The zero-order valence-electron chi connectivity index (χ0n) is 13.4. The number of nitrogens with zero attached hydrogens (tertiary/aromatic N) is 4. The quantitative estimate of drug-likeness (QED) is 0.345. The van der Waals surface area contributed by atoms with E-state index in [1.165, 1.54) is 4.90 Å². The monoisotopic (exact) mass is 368 g/mol. The number of nitrogens with one attached hydrogen (secondary N) is 1. The predicted molar refractivity (Wildman–Crippen MR) is 98.8 cm³/mol. The topological polar surface area (TPSA) is 62.9 Å². The smallest absolute Gasteiger partial charge is 0.369 e. The van der Waals surface area contributed by atoms with Gasteiger partial charge in [-0.25, -0.2) is 9.36 Å². The molecule has 2 aliphatic heterocycles. The molecule has 0 spiro atoms. The molecule has 0 saturated carbocycles. The number of anilines is 1. The van der Waals surface area contributed by atoms with Crippen LogP contribution in [0, 0.1) is 0 Å². The Labute approximate surface area is 152 Å².